The molecule has 2 saturated heterocycles. The fourth-order valence-corrected chi connectivity index (χ4v) is 10.1. The Hall–Kier alpha value is -3.37. The Morgan fingerprint density at radius 1 is 0.846 bits per heavy atom. The molecular formula is C51H79NO13. The molecule has 1 amide bonds. The van der Waals surface area contributed by atoms with Crippen LogP contribution in [0.5, 0.6) is 0 Å². The van der Waals surface area contributed by atoms with Crippen LogP contribution in [-0.4, -0.2) is 132 Å². The summed E-state index contributed by atoms with van der Waals surface area (Å²) < 4.78 is 29.4. The summed E-state index contributed by atoms with van der Waals surface area (Å²) in [5, 5.41) is 33.8. The molecule has 3 heterocycles. The molecule has 0 radical (unpaired) electrons. The number of hydrogen-bond donors (Lipinski definition) is 3. The molecule has 0 aromatic carbocycles. The monoisotopic (exact) mass is 914 g/mol. The van der Waals surface area contributed by atoms with Crippen LogP contribution in [0.25, 0.3) is 0 Å². The fourth-order valence-electron chi connectivity index (χ4n) is 10.1. The third kappa shape index (κ3) is 14.3. The highest BCUT2D eigenvalue weighted by atomic mass is 16.6. The van der Waals surface area contributed by atoms with Crippen molar-refractivity contribution in [3.05, 3.63) is 47.6 Å². The van der Waals surface area contributed by atoms with Gasteiger partial charge in [-0.2, -0.15) is 0 Å². The maximum atomic E-state index is 14.4. The third-order valence-electron chi connectivity index (χ3n) is 14.5. The van der Waals surface area contributed by atoms with E-state index in [0.717, 1.165) is 12.0 Å². The van der Waals surface area contributed by atoms with Crippen LogP contribution in [-0.2, 0) is 47.7 Å². The minimum atomic E-state index is -2.43. The minimum Gasteiger partial charge on any atom is -0.460 e. The van der Waals surface area contributed by atoms with Gasteiger partial charge in [-0.15, -0.1) is 0 Å². The van der Waals surface area contributed by atoms with Crippen LogP contribution in [0, 0.1) is 35.5 Å². The largest absolute Gasteiger partial charge is 0.460 e. The Kier molecular flexibility index (Phi) is 21.0. The van der Waals surface area contributed by atoms with Crippen molar-refractivity contribution in [2.45, 2.75) is 180 Å². The number of fused-ring (bicyclic) bond motifs is 3. The number of piperidine rings is 1. The van der Waals surface area contributed by atoms with Crippen LogP contribution in [0.15, 0.2) is 47.6 Å². The summed E-state index contributed by atoms with van der Waals surface area (Å²) in [7, 11) is 4.52. The number of esters is 1. The van der Waals surface area contributed by atoms with Gasteiger partial charge in [-0.25, -0.2) is 4.79 Å². The molecule has 366 valence electrons. The van der Waals surface area contributed by atoms with Crippen molar-refractivity contribution in [2.24, 2.45) is 35.5 Å². The van der Waals surface area contributed by atoms with Crippen molar-refractivity contribution in [1.82, 2.24) is 4.90 Å². The second-order valence-corrected chi connectivity index (χ2v) is 19.6. The smallest absolute Gasteiger partial charge is 0.329 e. The lowest BCUT2D eigenvalue weighted by atomic mass is 9.78. The zero-order valence-corrected chi connectivity index (χ0v) is 40.6. The van der Waals surface area contributed by atoms with E-state index in [1.807, 2.05) is 58.1 Å². The van der Waals surface area contributed by atoms with Gasteiger partial charge in [0.25, 0.3) is 11.7 Å². The molecule has 3 aliphatic heterocycles. The molecule has 4 aliphatic rings. The number of cyclic esters (lactones) is 1. The van der Waals surface area contributed by atoms with E-state index >= 15 is 0 Å². The second kappa shape index (κ2) is 25.1. The first kappa shape index (κ1) is 54.2. The number of ether oxygens (including phenoxy) is 5. The number of carbonyl (C=O) groups is 5. The van der Waals surface area contributed by atoms with Gasteiger partial charge >= 0.3 is 5.97 Å². The number of aliphatic hydroxyl groups excluding tert-OH is 2. The Labute approximate surface area is 387 Å². The molecule has 3 fully saturated rings. The van der Waals surface area contributed by atoms with Crippen LogP contribution in [0.1, 0.15) is 126 Å². The molecule has 0 spiro atoms. The molecule has 1 aliphatic carbocycles. The summed E-state index contributed by atoms with van der Waals surface area (Å²) in [5.41, 5.74) is 1.27. The van der Waals surface area contributed by atoms with Gasteiger partial charge < -0.3 is 43.9 Å². The summed E-state index contributed by atoms with van der Waals surface area (Å²) in [5.74, 6) is -7.96. The topological polar surface area (TPSA) is 195 Å². The molecule has 4 rings (SSSR count). The van der Waals surface area contributed by atoms with Crippen LogP contribution in [0.4, 0.5) is 0 Å². The lowest BCUT2D eigenvalue weighted by Gasteiger charge is -2.42. The minimum absolute atomic E-state index is 0.0193. The zero-order valence-electron chi connectivity index (χ0n) is 40.6. The molecule has 1 saturated carbocycles. The summed E-state index contributed by atoms with van der Waals surface area (Å²) in [6.45, 7) is 12.7. The number of rotatable bonds is 6. The first-order valence-corrected chi connectivity index (χ1v) is 23.9. The van der Waals surface area contributed by atoms with Crippen molar-refractivity contribution >= 4 is 29.2 Å². The quantitative estimate of drug-likeness (QED) is 0.156. The SMILES string of the molecule is COC1CC2CCC(C)[C@](O)(O2)C(=O)C(=O)N2CCCCC2C(=O)OC(C(C)CC2CCC(O)C(OC)C2)CC(=O)C(C)/C=C(/C)C(O)C(OC)C(=O)C(C)CC(C)C=CC=C/C=C\1C. The van der Waals surface area contributed by atoms with E-state index in [2.05, 4.69) is 0 Å². The van der Waals surface area contributed by atoms with Crippen molar-refractivity contribution in [2.75, 3.05) is 27.9 Å². The first-order valence-electron chi connectivity index (χ1n) is 23.9. The van der Waals surface area contributed by atoms with Crippen LogP contribution >= 0.6 is 0 Å². The van der Waals surface area contributed by atoms with Crippen molar-refractivity contribution in [1.29, 1.82) is 0 Å². The summed E-state index contributed by atoms with van der Waals surface area (Å²) in [6.07, 6.45) is 11.2. The van der Waals surface area contributed by atoms with E-state index in [-0.39, 0.29) is 54.8 Å². The average Bonchev–Trinajstić information content (AvgIpc) is 3.28. The maximum absolute atomic E-state index is 14.4. The lowest BCUT2D eigenvalue weighted by molar-refractivity contribution is -0.265. The molecule has 14 nitrogen and oxygen atoms in total. The number of carbonyl (C=O) groups excluding carboxylic acids is 5. The van der Waals surface area contributed by atoms with E-state index in [4.69, 9.17) is 23.7 Å². The lowest BCUT2D eigenvalue weighted by Crippen LogP contribution is -2.61. The maximum Gasteiger partial charge on any atom is 0.329 e. The van der Waals surface area contributed by atoms with Crippen molar-refractivity contribution in [3.8, 4) is 0 Å². The fraction of sp³-hybridized carbons (Fsp3) is 0.745. The normalized spacial score (nSPS) is 39.4. The highest BCUT2D eigenvalue weighted by molar-refractivity contribution is 6.39. The van der Waals surface area contributed by atoms with Crippen LogP contribution in [0.2, 0.25) is 0 Å². The number of methoxy groups -OCH3 is 3. The number of Topliss-reactive ketones (excluding diaryl/α,β-unsaturated/α-hetero) is 3. The highest BCUT2D eigenvalue weighted by Crippen LogP contribution is 2.38. The molecule has 14 unspecified atom stereocenters. The van der Waals surface area contributed by atoms with Gasteiger partial charge in [0.1, 0.15) is 30.1 Å². The molecule has 2 bridgehead atoms. The highest BCUT2D eigenvalue weighted by Gasteiger charge is 2.53. The predicted molar refractivity (Wildman–Crippen MR) is 245 cm³/mol. The van der Waals surface area contributed by atoms with E-state index in [1.54, 1.807) is 41.1 Å². The molecule has 3 N–H and O–H groups in total. The molecule has 15 atom stereocenters. The van der Waals surface area contributed by atoms with E-state index in [9.17, 15) is 39.3 Å². The van der Waals surface area contributed by atoms with Crippen molar-refractivity contribution in [3.63, 3.8) is 0 Å². The van der Waals surface area contributed by atoms with E-state index < -0.39 is 83.9 Å². The van der Waals surface area contributed by atoms with Gasteiger partial charge in [0.2, 0.25) is 5.79 Å². The van der Waals surface area contributed by atoms with E-state index in [0.29, 0.717) is 63.4 Å². The summed E-state index contributed by atoms with van der Waals surface area (Å²) >= 11 is 0. The van der Waals surface area contributed by atoms with Gasteiger partial charge in [-0.1, -0.05) is 71.1 Å². The van der Waals surface area contributed by atoms with Gasteiger partial charge in [0.15, 0.2) is 5.78 Å². The Bertz CT molecular complexity index is 1760. The van der Waals surface area contributed by atoms with Gasteiger partial charge in [0, 0.05) is 58.5 Å². The Morgan fingerprint density at radius 3 is 2.25 bits per heavy atom. The molecule has 65 heavy (non-hydrogen) atoms. The number of amides is 1. The van der Waals surface area contributed by atoms with Gasteiger partial charge in [-0.05, 0) is 107 Å². The summed E-state index contributed by atoms with van der Waals surface area (Å²) in [4.78, 5) is 71.8. The van der Waals surface area contributed by atoms with Crippen LogP contribution < -0.4 is 0 Å². The summed E-state index contributed by atoms with van der Waals surface area (Å²) in [6, 6.07) is -1.14. The van der Waals surface area contributed by atoms with Gasteiger partial charge in [0.05, 0.1) is 24.4 Å². The first-order chi connectivity index (χ1) is 30.7. The predicted octanol–water partition coefficient (Wildman–Crippen LogP) is 6.18. The zero-order chi connectivity index (χ0) is 48.2. The third-order valence-corrected chi connectivity index (χ3v) is 14.5. The van der Waals surface area contributed by atoms with Crippen molar-refractivity contribution < 1.29 is 63.0 Å². The number of allylic oxidation sites excluding steroid dienone is 6. The number of hydrogen-bond acceptors (Lipinski definition) is 13. The number of aliphatic hydroxyl groups is 3. The molecule has 14 heteroatoms. The Balaban J connectivity index is 1.70. The average molecular weight is 914 g/mol. The Morgan fingerprint density at radius 2 is 1.57 bits per heavy atom. The molecule has 0 aromatic rings. The standard InChI is InChI=1S/C51H79NO13/c1-30-16-12-11-13-17-31(2)42(61-8)28-38-21-19-36(7)51(60,65-38)48(57)49(58)52-23-15-14-18-39(52)50(59)64-43(33(4)26-37-20-22-40(53)44(27-37)62-9)29-41(54)32(3)25-35(6)46(56)47(63-10)45(55)34(5)24-30/h11-13,16-17,25,30,32-34,36-40,42-44,46-47,53,56,60H,14-15,18-24,26-29H2,1-10H3/b13-11?,16-12?,31-17-,35-25-/t30?,32?,33?,34?,36?,37?,38?,39?,40?,42?,43?,44?,46?,47?,51-/m0/s1. The number of nitrogens with zero attached hydrogens (tertiary/aromatic N) is 1. The van der Waals surface area contributed by atoms with E-state index in [1.165, 1.54) is 12.0 Å². The molecule has 0 aromatic heterocycles. The van der Waals surface area contributed by atoms with Gasteiger partial charge in [-0.3, -0.25) is 19.2 Å². The van der Waals surface area contributed by atoms with Crippen LogP contribution in [0.3, 0.4) is 0 Å². The second-order valence-electron chi connectivity index (χ2n) is 19.6. The molecular weight excluding hydrogens is 835 g/mol. The number of ketones is 3.